The van der Waals surface area contributed by atoms with Crippen LogP contribution in [0.15, 0.2) is 0 Å². The molecule has 0 radical (unpaired) electrons. The number of nitrogens with zero attached hydrogens (tertiary/aromatic N) is 2. The number of amides is 5. The molecule has 0 aliphatic carbocycles. The second kappa shape index (κ2) is 10.4. The highest BCUT2D eigenvalue weighted by atomic mass is 16.5. The second-order valence-electron chi connectivity index (χ2n) is 8.09. The summed E-state index contributed by atoms with van der Waals surface area (Å²) in [7, 11) is 1.40. The van der Waals surface area contributed by atoms with Crippen LogP contribution in [0.25, 0.3) is 0 Å². The highest BCUT2D eigenvalue weighted by molar-refractivity contribution is 6.01. The van der Waals surface area contributed by atoms with Crippen molar-refractivity contribution in [1.82, 2.24) is 15.3 Å². The van der Waals surface area contributed by atoms with Gasteiger partial charge in [0.2, 0.25) is 0 Å². The van der Waals surface area contributed by atoms with E-state index < -0.39 is 23.9 Å². The van der Waals surface area contributed by atoms with Gasteiger partial charge in [-0.2, -0.15) is 0 Å². The van der Waals surface area contributed by atoms with E-state index in [1.54, 1.807) is 0 Å². The van der Waals surface area contributed by atoms with Crippen LogP contribution in [0.1, 0.15) is 67.2 Å². The monoisotopic (exact) mass is 357 g/mol. The van der Waals surface area contributed by atoms with Crippen LogP contribution >= 0.6 is 0 Å². The number of urea groups is 2. The minimum absolute atomic E-state index is 0.0836. The highest BCUT2D eigenvalue weighted by Crippen LogP contribution is 2.21. The molecule has 7 nitrogen and oxygen atoms in total. The van der Waals surface area contributed by atoms with Crippen LogP contribution in [0, 0.1) is 17.3 Å². The van der Waals surface area contributed by atoms with Gasteiger partial charge in [-0.25, -0.2) is 14.5 Å². The molecule has 146 valence electrons. The van der Waals surface area contributed by atoms with Crippen LogP contribution in [-0.4, -0.2) is 46.7 Å². The van der Waals surface area contributed by atoms with Crippen LogP contribution in [0.5, 0.6) is 0 Å². The van der Waals surface area contributed by atoms with Gasteiger partial charge >= 0.3 is 12.1 Å². The zero-order valence-electron chi connectivity index (χ0n) is 16.8. The van der Waals surface area contributed by atoms with Crippen molar-refractivity contribution in [2.24, 2.45) is 17.3 Å². The Labute approximate surface area is 151 Å². The van der Waals surface area contributed by atoms with Gasteiger partial charge in [-0.05, 0) is 24.2 Å². The van der Waals surface area contributed by atoms with Crippen LogP contribution in [0.3, 0.4) is 0 Å². The van der Waals surface area contributed by atoms with Crippen molar-refractivity contribution in [1.29, 1.82) is 0 Å². The first-order valence-corrected chi connectivity index (χ1v) is 9.00. The number of imide groups is 2. The van der Waals surface area contributed by atoms with Crippen LogP contribution < -0.4 is 5.32 Å². The van der Waals surface area contributed by atoms with E-state index in [0.717, 1.165) is 17.7 Å². The summed E-state index contributed by atoms with van der Waals surface area (Å²) < 4.78 is 0. The molecule has 0 aromatic heterocycles. The fraction of sp³-hybridized carbons (Fsp3) is 0.833. The zero-order chi connectivity index (χ0) is 19.8. The molecule has 0 aliphatic heterocycles. The highest BCUT2D eigenvalue weighted by Gasteiger charge is 2.34. The third-order valence-electron chi connectivity index (χ3n) is 3.79. The first-order chi connectivity index (χ1) is 11.4. The Morgan fingerprint density at radius 3 is 2.04 bits per heavy atom. The van der Waals surface area contributed by atoms with E-state index in [0.29, 0.717) is 18.8 Å². The first kappa shape index (κ1) is 23.4. The summed E-state index contributed by atoms with van der Waals surface area (Å²) in [6, 6.07) is -1.66. The summed E-state index contributed by atoms with van der Waals surface area (Å²) in [5.74, 6) is -0.643. The Bertz CT molecular complexity index is 458. The maximum absolute atomic E-state index is 12.6. The van der Waals surface area contributed by atoms with E-state index in [-0.39, 0.29) is 17.0 Å². The van der Waals surface area contributed by atoms with E-state index in [1.807, 2.05) is 27.7 Å². The lowest BCUT2D eigenvalue weighted by molar-refractivity contribution is -0.159. The van der Waals surface area contributed by atoms with Crippen molar-refractivity contribution in [2.75, 3.05) is 13.6 Å². The van der Waals surface area contributed by atoms with Crippen molar-refractivity contribution in [2.45, 2.75) is 67.2 Å². The third-order valence-corrected chi connectivity index (χ3v) is 3.79. The molecule has 5 amide bonds. The Morgan fingerprint density at radius 1 is 1.08 bits per heavy atom. The van der Waals surface area contributed by atoms with Gasteiger partial charge < -0.3 is 5.32 Å². The van der Waals surface area contributed by atoms with Gasteiger partial charge in [-0.1, -0.05) is 54.4 Å². The second-order valence-corrected chi connectivity index (χ2v) is 8.09. The lowest BCUT2D eigenvalue weighted by atomic mass is 9.93. The molecule has 0 aromatic carbocycles. The van der Waals surface area contributed by atoms with Crippen LogP contribution in [0.4, 0.5) is 9.59 Å². The maximum atomic E-state index is 12.6. The Morgan fingerprint density at radius 2 is 1.64 bits per heavy atom. The molecule has 1 atom stereocenters. The molecule has 0 heterocycles. The van der Waals surface area contributed by atoms with Crippen molar-refractivity contribution in [3.8, 4) is 0 Å². The number of carbonyl (C=O) groups excluding carboxylic acids is 3. The van der Waals surface area contributed by atoms with Gasteiger partial charge in [0.05, 0.1) is 0 Å². The van der Waals surface area contributed by atoms with E-state index in [9.17, 15) is 19.6 Å². The van der Waals surface area contributed by atoms with Crippen molar-refractivity contribution in [3.63, 3.8) is 0 Å². The lowest BCUT2D eigenvalue weighted by Gasteiger charge is -2.30. The molecule has 7 heteroatoms. The minimum Gasteiger partial charge on any atom is -0.341 e. The molecule has 0 saturated carbocycles. The average molecular weight is 357 g/mol. The van der Waals surface area contributed by atoms with Crippen LogP contribution in [-0.2, 0) is 4.79 Å². The summed E-state index contributed by atoms with van der Waals surface area (Å²) >= 11 is 0. The molecule has 0 spiro atoms. The first-order valence-electron chi connectivity index (χ1n) is 9.00. The van der Waals surface area contributed by atoms with Crippen molar-refractivity contribution in [3.05, 3.63) is 0 Å². The number of hydroxylamine groups is 2. The summed E-state index contributed by atoms with van der Waals surface area (Å²) in [4.78, 5) is 38.0. The molecule has 0 rings (SSSR count). The zero-order valence-corrected chi connectivity index (χ0v) is 16.8. The standard InChI is InChI=1S/C18H35N3O4/c1-8-9-14(11-10-13(2)3)15(22)21(25)17(24)20(16(23)19-7)12-18(4,5)6/h13-14,25H,8-12H2,1-7H3,(H,19,23)/t14-/m0/s1. The Kier molecular flexibility index (Phi) is 9.70. The Hall–Kier alpha value is -1.63. The molecular formula is C18H35N3O4. The van der Waals surface area contributed by atoms with Crippen molar-refractivity contribution < 1.29 is 19.6 Å². The quantitative estimate of drug-likeness (QED) is 0.535. The van der Waals surface area contributed by atoms with Crippen LogP contribution in [0.2, 0.25) is 0 Å². The fourth-order valence-electron chi connectivity index (χ4n) is 2.49. The van der Waals surface area contributed by atoms with Gasteiger partial charge in [0.1, 0.15) is 0 Å². The molecule has 0 aliphatic rings. The van der Waals surface area contributed by atoms with E-state index in [1.165, 1.54) is 7.05 Å². The molecule has 2 N–H and O–H groups in total. The van der Waals surface area contributed by atoms with E-state index >= 15 is 0 Å². The predicted molar refractivity (Wildman–Crippen MR) is 97.1 cm³/mol. The summed E-state index contributed by atoms with van der Waals surface area (Å²) in [5.41, 5.74) is -0.369. The number of rotatable bonds is 7. The van der Waals surface area contributed by atoms with Gasteiger partial charge in [0.25, 0.3) is 5.91 Å². The topological polar surface area (TPSA) is 90.0 Å². The van der Waals surface area contributed by atoms with Crippen molar-refractivity contribution >= 4 is 18.0 Å². The molecule has 0 bridgehead atoms. The Balaban J connectivity index is 5.26. The van der Waals surface area contributed by atoms with Gasteiger partial charge in [-0.3, -0.25) is 10.0 Å². The molecule has 0 unspecified atom stereocenters. The van der Waals surface area contributed by atoms with E-state index in [4.69, 9.17) is 0 Å². The normalized spacial score (nSPS) is 12.7. The molecule has 0 fully saturated rings. The largest absolute Gasteiger partial charge is 0.359 e. The summed E-state index contributed by atoms with van der Waals surface area (Å²) in [6.45, 7) is 11.8. The van der Waals surface area contributed by atoms with Gasteiger partial charge in [0.15, 0.2) is 0 Å². The number of carbonyl (C=O) groups is 3. The smallest absolute Gasteiger partial charge is 0.341 e. The third kappa shape index (κ3) is 8.34. The van der Waals surface area contributed by atoms with E-state index in [2.05, 4.69) is 19.2 Å². The summed E-state index contributed by atoms with van der Waals surface area (Å²) in [5, 5.41) is 12.7. The number of hydrogen-bond donors (Lipinski definition) is 2. The fourth-order valence-corrected chi connectivity index (χ4v) is 2.49. The minimum atomic E-state index is -1.01. The average Bonchev–Trinajstić information content (AvgIpc) is 2.52. The molecule has 0 aromatic rings. The SMILES string of the molecule is CCC[C@@H](CCC(C)C)C(=O)N(O)C(=O)N(CC(C)(C)C)C(=O)NC. The molecular weight excluding hydrogens is 322 g/mol. The lowest BCUT2D eigenvalue weighted by Crippen LogP contribution is -2.53. The molecule has 0 saturated heterocycles. The van der Waals surface area contributed by atoms with Gasteiger partial charge in [-0.15, -0.1) is 5.06 Å². The predicted octanol–water partition coefficient (Wildman–Crippen LogP) is 3.86. The number of nitrogens with one attached hydrogen (secondary N) is 1. The number of hydrogen-bond acceptors (Lipinski definition) is 4. The van der Waals surface area contributed by atoms with Gasteiger partial charge in [0, 0.05) is 19.5 Å². The summed E-state index contributed by atoms with van der Waals surface area (Å²) in [6.07, 6.45) is 2.81. The maximum Gasteiger partial charge on any atom is 0.359 e. The molecule has 25 heavy (non-hydrogen) atoms.